The van der Waals surface area contributed by atoms with Crippen molar-refractivity contribution in [3.05, 3.63) is 83.9 Å². The van der Waals surface area contributed by atoms with Gasteiger partial charge in [0.25, 0.3) is 0 Å². The van der Waals surface area contributed by atoms with Gasteiger partial charge in [0.2, 0.25) is 11.8 Å². The number of nitrogens with one attached hydrogen (secondary N) is 3. The number of aliphatic hydroxyl groups is 1. The van der Waals surface area contributed by atoms with Gasteiger partial charge < -0.3 is 30.5 Å². The molecule has 2 aromatic rings. The Kier molecular flexibility index (Phi) is 11.7. The van der Waals surface area contributed by atoms with Crippen molar-refractivity contribution < 1.29 is 33.8 Å². The Morgan fingerprint density at radius 1 is 0.977 bits per heavy atom. The van der Waals surface area contributed by atoms with Crippen molar-refractivity contribution in [2.24, 2.45) is 5.92 Å². The number of hydrogen-bond acceptors (Lipinski definition) is 7. The molecule has 10 nitrogen and oxygen atoms in total. The van der Waals surface area contributed by atoms with Gasteiger partial charge in [-0.2, -0.15) is 0 Å². The van der Waals surface area contributed by atoms with Crippen LogP contribution in [0.5, 0.6) is 0 Å². The zero-order valence-corrected chi connectivity index (χ0v) is 24.3. The van der Waals surface area contributed by atoms with Crippen molar-refractivity contribution >= 4 is 23.9 Å². The summed E-state index contributed by atoms with van der Waals surface area (Å²) in [4.78, 5) is 52.0. The molecule has 2 aromatic carbocycles. The Bertz CT molecular complexity index is 1250. The van der Waals surface area contributed by atoms with Crippen LogP contribution in [0.2, 0.25) is 0 Å². The number of alkyl carbamates (subject to hydrolysis) is 1. The number of carbonyl (C=O) groups excluding carboxylic acids is 4. The molecule has 1 aliphatic carbocycles. The molecular weight excluding hydrogens is 550 g/mol. The minimum atomic E-state index is -0.974. The molecule has 0 aromatic heterocycles. The van der Waals surface area contributed by atoms with Crippen LogP contribution in [0.25, 0.3) is 0 Å². The predicted octanol–water partition coefficient (Wildman–Crippen LogP) is 3.33. The highest BCUT2D eigenvalue weighted by Crippen LogP contribution is 2.31. The van der Waals surface area contributed by atoms with E-state index in [0.29, 0.717) is 19.3 Å². The lowest BCUT2D eigenvalue weighted by Gasteiger charge is -2.32. The lowest BCUT2D eigenvalue weighted by Crippen LogP contribution is -2.53. The number of esters is 1. The van der Waals surface area contributed by atoms with E-state index in [-0.39, 0.29) is 50.9 Å². The number of ether oxygens (including phenoxy) is 2. The third kappa shape index (κ3) is 9.95. The summed E-state index contributed by atoms with van der Waals surface area (Å²) in [7, 11) is 0. The summed E-state index contributed by atoms with van der Waals surface area (Å²) in [5.41, 5.74) is 1.07. The molecule has 4 rings (SSSR count). The van der Waals surface area contributed by atoms with Crippen molar-refractivity contribution in [3.63, 3.8) is 0 Å². The second kappa shape index (κ2) is 15.9. The molecule has 0 bridgehead atoms. The third-order valence-corrected chi connectivity index (χ3v) is 7.90. The summed E-state index contributed by atoms with van der Waals surface area (Å²) in [5.74, 6) is -1.88. The maximum Gasteiger partial charge on any atom is 0.408 e. The van der Waals surface area contributed by atoms with E-state index in [1.807, 2.05) is 60.7 Å². The van der Waals surface area contributed by atoms with Gasteiger partial charge in [-0.25, -0.2) is 9.59 Å². The highest BCUT2D eigenvalue weighted by atomic mass is 16.6. The Morgan fingerprint density at radius 3 is 2.30 bits per heavy atom. The molecule has 10 heteroatoms. The van der Waals surface area contributed by atoms with Crippen LogP contribution in [0.4, 0.5) is 4.79 Å². The molecule has 0 saturated heterocycles. The van der Waals surface area contributed by atoms with E-state index in [4.69, 9.17) is 9.47 Å². The summed E-state index contributed by atoms with van der Waals surface area (Å²) in [5, 5.41) is 18.4. The van der Waals surface area contributed by atoms with Crippen molar-refractivity contribution in [2.75, 3.05) is 13.2 Å². The maximum atomic E-state index is 13.5. The minimum absolute atomic E-state index is 0.0267. The molecule has 230 valence electrons. The number of aliphatic hydroxyl groups excluding tert-OH is 1. The van der Waals surface area contributed by atoms with Gasteiger partial charge in [-0.15, -0.1) is 0 Å². The van der Waals surface area contributed by atoms with Crippen LogP contribution in [0.3, 0.4) is 0 Å². The first-order chi connectivity index (χ1) is 20.9. The number of allylic oxidation sites excluding steroid dienone is 1. The first-order valence-corrected chi connectivity index (χ1v) is 14.9. The van der Waals surface area contributed by atoms with Crippen molar-refractivity contribution in [1.29, 1.82) is 0 Å². The molecule has 0 radical (unpaired) electrons. The quantitative estimate of drug-likeness (QED) is 0.259. The molecule has 2 aliphatic rings. The van der Waals surface area contributed by atoms with Crippen LogP contribution < -0.4 is 16.0 Å². The molecular formula is C33H41N3O7. The molecule has 1 aliphatic heterocycles. The fraction of sp³-hybridized carbons (Fsp3) is 0.455. The van der Waals surface area contributed by atoms with Gasteiger partial charge in [-0.1, -0.05) is 85.7 Å². The van der Waals surface area contributed by atoms with Crippen LogP contribution in [0, 0.1) is 5.92 Å². The molecule has 1 fully saturated rings. The summed E-state index contributed by atoms with van der Waals surface area (Å²) in [6.07, 6.45) is 6.52. The van der Waals surface area contributed by atoms with Crippen LogP contribution in [0.15, 0.2) is 72.8 Å². The second-order valence-electron chi connectivity index (χ2n) is 11.3. The molecule has 3 atom stereocenters. The summed E-state index contributed by atoms with van der Waals surface area (Å²) in [6.45, 7) is -0.194. The first kappa shape index (κ1) is 31.7. The van der Waals surface area contributed by atoms with Crippen molar-refractivity contribution in [3.8, 4) is 0 Å². The van der Waals surface area contributed by atoms with E-state index in [0.717, 1.165) is 24.0 Å². The molecule has 1 spiro atoms. The zero-order valence-electron chi connectivity index (χ0n) is 24.3. The average Bonchev–Trinajstić information content (AvgIpc) is 3.48. The van der Waals surface area contributed by atoms with Gasteiger partial charge >= 0.3 is 12.1 Å². The SMILES string of the molecule is O=C(C[C@H]1C/C=C\C[C@@H](NC(=O)OCc2ccccc2)C(=O)OCC2(CCCC2)NC1=O)N[C@H](CO)Cc1ccccc1. The van der Waals surface area contributed by atoms with Gasteiger partial charge in [0.15, 0.2) is 0 Å². The molecule has 0 unspecified atom stereocenters. The van der Waals surface area contributed by atoms with Crippen LogP contribution in [0.1, 0.15) is 56.1 Å². The largest absolute Gasteiger partial charge is 0.462 e. The van der Waals surface area contributed by atoms with Crippen LogP contribution in [-0.4, -0.2) is 59.8 Å². The number of cyclic esters (lactones) is 1. The fourth-order valence-electron chi connectivity index (χ4n) is 5.50. The summed E-state index contributed by atoms with van der Waals surface area (Å²) >= 11 is 0. The first-order valence-electron chi connectivity index (χ1n) is 14.9. The lowest BCUT2D eigenvalue weighted by atomic mass is 9.93. The highest BCUT2D eigenvalue weighted by Gasteiger charge is 2.39. The van der Waals surface area contributed by atoms with Gasteiger partial charge in [0.1, 0.15) is 19.3 Å². The summed E-state index contributed by atoms with van der Waals surface area (Å²) in [6, 6.07) is 17.3. The Hall–Kier alpha value is -4.18. The Balaban J connectivity index is 1.41. The van der Waals surface area contributed by atoms with Crippen LogP contribution in [-0.2, 0) is 36.9 Å². The number of rotatable bonds is 9. The number of carbonyl (C=O) groups is 4. The van der Waals surface area contributed by atoms with E-state index in [1.165, 1.54) is 0 Å². The Labute approximate surface area is 252 Å². The number of amides is 3. The molecule has 1 heterocycles. The van der Waals surface area contributed by atoms with Crippen LogP contribution >= 0.6 is 0 Å². The molecule has 1 saturated carbocycles. The van der Waals surface area contributed by atoms with E-state index in [2.05, 4.69) is 16.0 Å². The monoisotopic (exact) mass is 591 g/mol. The highest BCUT2D eigenvalue weighted by molar-refractivity contribution is 5.86. The molecule has 4 N–H and O–H groups in total. The summed E-state index contributed by atoms with van der Waals surface area (Å²) < 4.78 is 10.9. The second-order valence-corrected chi connectivity index (χ2v) is 11.3. The minimum Gasteiger partial charge on any atom is -0.462 e. The lowest BCUT2D eigenvalue weighted by molar-refractivity contribution is -0.149. The average molecular weight is 592 g/mol. The topological polar surface area (TPSA) is 143 Å². The van der Waals surface area contributed by atoms with Gasteiger partial charge in [-0.05, 0) is 43.2 Å². The number of hydrogen-bond donors (Lipinski definition) is 4. The van der Waals surface area contributed by atoms with Gasteiger partial charge in [0, 0.05) is 6.42 Å². The normalized spacial score (nSPS) is 21.8. The van der Waals surface area contributed by atoms with Crippen molar-refractivity contribution in [1.82, 2.24) is 16.0 Å². The number of benzene rings is 2. The predicted molar refractivity (Wildman–Crippen MR) is 159 cm³/mol. The maximum absolute atomic E-state index is 13.5. The molecule has 43 heavy (non-hydrogen) atoms. The van der Waals surface area contributed by atoms with E-state index in [1.54, 1.807) is 12.2 Å². The standard InChI is InChI=1S/C33H41N3O7/c37-21-27(19-24-11-3-1-4-12-24)34-29(38)20-26-15-7-8-16-28(35-32(41)42-22-25-13-5-2-6-14-25)31(40)43-23-33(36-30(26)39)17-9-10-18-33/h1-8,11-14,26-28,37H,9-10,15-23H2,(H,34,38)(H,35,41)(H,36,39)/b8-7-/t26-,27+,28-/m1/s1. The molecule has 3 amide bonds. The van der Waals surface area contributed by atoms with E-state index >= 15 is 0 Å². The third-order valence-electron chi connectivity index (χ3n) is 7.90. The van der Waals surface area contributed by atoms with Gasteiger partial charge in [-0.3, -0.25) is 9.59 Å². The van der Waals surface area contributed by atoms with E-state index in [9.17, 15) is 24.3 Å². The van der Waals surface area contributed by atoms with Gasteiger partial charge in [0.05, 0.1) is 24.1 Å². The van der Waals surface area contributed by atoms with E-state index < -0.39 is 35.6 Å². The Morgan fingerprint density at radius 2 is 1.63 bits per heavy atom. The van der Waals surface area contributed by atoms with Crippen molar-refractivity contribution in [2.45, 2.75) is 75.6 Å². The smallest absolute Gasteiger partial charge is 0.408 e. The fourth-order valence-corrected chi connectivity index (χ4v) is 5.50. The zero-order chi connectivity index (χ0) is 30.5.